The zero-order valence-electron chi connectivity index (χ0n) is 7.63. The van der Waals surface area contributed by atoms with Crippen LogP contribution in [-0.4, -0.2) is 17.5 Å². The molecule has 0 aromatic carbocycles. The Morgan fingerprint density at radius 1 is 1.53 bits per heavy atom. The Balaban J connectivity index is 2.23. The van der Waals surface area contributed by atoms with Gasteiger partial charge < -0.3 is 4.74 Å². The van der Waals surface area contributed by atoms with E-state index in [9.17, 15) is 14.9 Å². The molecule has 1 aromatic rings. The maximum atomic E-state index is 11.1. The summed E-state index contributed by atoms with van der Waals surface area (Å²) in [7, 11) is 0. The fourth-order valence-corrected chi connectivity index (χ4v) is 2.06. The highest BCUT2D eigenvalue weighted by Crippen LogP contribution is 2.27. The lowest BCUT2D eigenvalue weighted by Crippen LogP contribution is -1.93. The molecular formula is C9H7NO4S. The van der Waals surface area contributed by atoms with E-state index in [2.05, 4.69) is 0 Å². The lowest BCUT2D eigenvalue weighted by Gasteiger charge is -1.88. The molecule has 0 N–H and O–H groups in total. The Labute approximate surface area is 89.1 Å². The van der Waals surface area contributed by atoms with Gasteiger partial charge in [0.05, 0.1) is 11.5 Å². The molecule has 6 heteroatoms. The number of thiophene rings is 1. The van der Waals surface area contributed by atoms with Crippen molar-refractivity contribution in [3.63, 3.8) is 0 Å². The number of hydrogen-bond acceptors (Lipinski definition) is 5. The van der Waals surface area contributed by atoms with Crippen LogP contribution in [0.5, 0.6) is 0 Å². The van der Waals surface area contributed by atoms with E-state index in [0.29, 0.717) is 23.5 Å². The summed E-state index contributed by atoms with van der Waals surface area (Å²) in [6.45, 7) is 0.401. The first-order chi connectivity index (χ1) is 7.16. The van der Waals surface area contributed by atoms with E-state index in [-0.39, 0.29) is 11.0 Å². The quantitative estimate of drug-likeness (QED) is 0.334. The minimum absolute atomic E-state index is 0.0771. The Bertz CT molecular complexity index is 449. The normalized spacial score (nSPS) is 18.1. The molecule has 15 heavy (non-hydrogen) atoms. The number of ether oxygens (including phenoxy) is 1. The van der Waals surface area contributed by atoms with Crippen LogP contribution in [-0.2, 0) is 9.53 Å². The third kappa shape index (κ3) is 2.04. The summed E-state index contributed by atoms with van der Waals surface area (Å²) in [5.74, 6) is -0.328. The molecule has 1 aliphatic rings. The average molecular weight is 225 g/mol. The second-order valence-electron chi connectivity index (χ2n) is 2.99. The molecule has 1 aliphatic heterocycles. The van der Waals surface area contributed by atoms with Crippen molar-refractivity contribution < 1.29 is 14.5 Å². The van der Waals surface area contributed by atoms with E-state index in [0.717, 1.165) is 11.3 Å². The number of carbonyl (C=O) groups is 1. The maximum absolute atomic E-state index is 11.1. The summed E-state index contributed by atoms with van der Waals surface area (Å²) in [5, 5.41) is 10.5. The van der Waals surface area contributed by atoms with Crippen molar-refractivity contribution in [2.45, 2.75) is 6.42 Å². The molecule has 0 amide bonds. The third-order valence-electron chi connectivity index (χ3n) is 1.98. The molecule has 0 radical (unpaired) electrons. The zero-order chi connectivity index (χ0) is 10.8. The first-order valence-corrected chi connectivity index (χ1v) is 5.10. The summed E-state index contributed by atoms with van der Waals surface area (Å²) in [6.07, 6.45) is 2.22. The highest BCUT2D eigenvalue weighted by Gasteiger charge is 2.19. The van der Waals surface area contributed by atoms with Crippen LogP contribution in [0.1, 0.15) is 11.3 Å². The fraction of sp³-hybridized carbons (Fsp3) is 0.222. The molecule has 0 saturated carbocycles. The van der Waals surface area contributed by atoms with Gasteiger partial charge in [-0.3, -0.25) is 10.1 Å². The largest absolute Gasteiger partial charge is 0.462 e. The van der Waals surface area contributed by atoms with Crippen LogP contribution in [0.2, 0.25) is 0 Å². The number of hydrogen-bond donors (Lipinski definition) is 0. The van der Waals surface area contributed by atoms with Crippen molar-refractivity contribution in [2.75, 3.05) is 6.61 Å². The van der Waals surface area contributed by atoms with Gasteiger partial charge >= 0.3 is 11.0 Å². The Morgan fingerprint density at radius 3 is 2.87 bits per heavy atom. The number of esters is 1. The second kappa shape index (κ2) is 3.82. The predicted octanol–water partition coefficient (Wildman–Crippen LogP) is 1.99. The summed E-state index contributed by atoms with van der Waals surface area (Å²) >= 11 is 1.05. The van der Waals surface area contributed by atoms with Gasteiger partial charge in [0, 0.05) is 22.9 Å². The molecule has 1 saturated heterocycles. The second-order valence-corrected chi connectivity index (χ2v) is 4.08. The van der Waals surface area contributed by atoms with Gasteiger partial charge in [0.2, 0.25) is 0 Å². The molecule has 1 fully saturated rings. The van der Waals surface area contributed by atoms with Gasteiger partial charge in [-0.2, -0.15) is 0 Å². The highest BCUT2D eigenvalue weighted by molar-refractivity contribution is 7.16. The topological polar surface area (TPSA) is 69.4 Å². The fourth-order valence-electron chi connectivity index (χ4n) is 1.27. The molecule has 2 heterocycles. The zero-order valence-corrected chi connectivity index (χ0v) is 8.45. The lowest BCUT2D eigenvalue weighted by molar-refractivity contribution is -0.380. The Kier molecular flexibility index (Phi) is 2.51. The van der Waals surface area contributed by atoms with Crippen molar-refractivity contribution in [1.82, 2.24) is 0 Å². The van der Waals surface area contributed by atoms with Gasteiger partial charge in [0.25, 0.3) is 0 Å². The average Bonchev–Trinajstić information content (AvgIpc) is 2.77. The molecule has 0 bridgehead atoms. The van der Waals surface area contributed by atoms with Crippen LogP contribution in [0.4, 0.5) is 5.00 Å². The van der Waals surface area contributed by atoms with E-state index >= 15 is 0 Å². The SMILES string of the molecule is O=C1OCC/C1=C\c1ccc([N+](=O)[O-])s1. The summed E-state index contributed by atoms with van der Waals surface area (Å²) in [4.78, 5) is 21.8. The van der Waals surface area contributed by atoms with Crippen LogP contribution in [0.3, 0.4) is 0 Å². The minimum Gasteiger partial charge on any atom is -0.462 e. The van der Waals surface area contributed by atoms with Gasteiger partial charge in [-0.1, -0.05) is 11.3 Å². The van der Waals surface area contributed by atoms with Crippen molar-refractivity contribution in [3.8, 4) is 0 Å². The lowest BCUT2D eigenvalue weighted by atomic mass is 10.2. The van der Waals surface area contributed by atoms with Gasteiger partial charge in [-0.15, -0.1) is 0 Å². The molecule has 0 atom stereocenters. The number of carbonyl (C=O) groups excluding carboxylic acids is 1. The van der Waals surface area contributed by atoms with Crippen LogP contribution >= 0.6 is 11.3 Å². The van der Waals surface area contributed by atoms with E-state index in [1.807, 2.05) is 0 Å². The number of nitro groups is 1. The van der Waals surface area contributed by atoms with Crippen molar-refractivity contribution in [2.24, 2.45) is 0 Å². The molecule has 0 unspecified atom stereocenters. The predicted molar refractivity (Wildman–Crippen MR) is 54.5 cm³/mol. The summed E-state index contributed by atoms with van der Waals surface area (Å²) in [6, 6.07) is 3.05. The van der Waals surface area contributed by atoms with Gasteiger partial charge in [-0.25, -0.2) is 4.79 Å². The van der Waals surface area contributed by atoms with Gasteiger partial charge in [0.1, 0.15) is 0 Å². The van der Waals surface area contributed by atoms with Gasteiger partial charge in [0.15, 0.2) is 0 Å². The minimum atomic E-state index is -0.445. The monoisotopic (exact) mass is 225 g/mol. The molecule has 0 aliphatic carbocycles. The molecule has 78 valence electrons. The highest BCUT2D eigenvalue weighted by atomic mass is 32.1. The van der Waals surface area contributed by atoms with Crippen LogP contribution in [0.25, 0.3) is 6.08 Å². The molecule has 1 aromatic heterocycles. The first-order valence-electron chi connectivity index (χ1n) is 4.29. The molecule has 0 spiro atoms. The van der Waals surface area contributed by atoms with E-state index in [1.54, 1.807) is 12.1 Å². The van der Waals surface area contributed by atoms with Crippen molar-refractivity contribution in [1.29, 1.82) is 0 Å². The summed E-state index contributed by atoms with van der Waals surface area (Å²) in [5.41, 5.74) is 0.576. The molecular weight excluding hydrogens is 218 g/mol. The third-order valence-corrected chi connectivity index (χ3v) is 2.96. The van der Waals surface area contributed by atoms with E-state index in [1.165, 1.54) is 6.07 Å². The molecule has 2 rings (SSSR count). The molecule has 5 nitrogen and oxygen atoms in total. The van der Waals surface area contributed by atoms with Crippen LogP contribution in [0, 0.1) is 10.1 Å². The van der Waals surface area contributed by atoms with E-state index < -0.39 is 4.92 Å². The standard InChI is InChI=1S/C9H7NO4S/c11-9-6(3-4-14-9)5-7-1-2-8(15-7)10(12)13/h1-2,5H,3-4H2/b6-5+. The number of cyclic esters (lactones) is 1. The smallest absolute Gasteiger partial charge is 0.334 e. The van der Waals surface area contributed by atoms with Crippen LogP contribution < -0.4 is 0 Å². The maximum Gasteiger partial charge on any atom is 0.334 e. The Morgan fingerprint density at radius 2 is 2.33 bits per heavy atom. The van der Waals surface area contributed by atoms with Crippen molar-refractivity contribution >= 4 is 28.4 Å². The number of nitrogens with zero attached hydrogens (tertiary/aromatic N) is 1. The number of rotatable bonds is 2. The first kappa shape index (κ1) is 9.85. The summed E-state index contributed by atoms with van der Waals surface area (Å²) < 4.78 is 4.76. The van der Waals surface area contributed by atoms with Crippen molar-refractivity contribution in [3.05, 3.63) is 32.7 Å². The van der Waals surface area contributed by atoms with Crippen LogP contribution in [0.15, 0.2) is 17.7 Å². The van der Waals surface area contributed by atoms with Gasteiger partial charge in [-0.05, 0) is 12.1 Å². The van der Waals surface area contributed by atoms with E-state index in [4.69, 9.17) is 4.74 Å². The Hall–Kier alpha value is -1.69.